The molecule has 1 saturated carbocycles. The Morgan fingerprint density at radius 1 is 1.19 bits per heavy atom. The Kier molecular flexibility index (Phi) is 8.95. The number of hydrogen-bond donors (Lipinski definition) is 4. The van der Waals surface area contributed by atoms with Gasteiger partial charge in [0, 0.05) is 25.3 Å². The highest BCUT2D eigenvalue weighted by Crippen LogP contribution is 2.28. The zero-order valence-corrected chi connectivity index (χ0v) is 16.7. The molecule has 6 heteroatoms. The Balaban J connectivity index is 1.69. The highest BCUT2D eigenvalue weighted by Gasteiger charge is 2.21. The van der Waals surface area contributed by atoms with E-state index >= 15 is 0 Å². The van der Waals surface area contributed by atoms with Crippen LogP contribution in [0.1, 0.15) is 51.9 Å². The van der Waals surface area contributed by atoms with Crippen LogP contribution in [0.3, 0.4) is 0 Å². The minimum Gasteiger partial charge on any atom is -0.389 e. The van der Waals surface area contributed by atoms with Gasteiger partial charge in [-0.2, -0.15) is 0 Å². The summed E-state index contributed by atoms with van der Waals surface area (Å²) in [5, 5.41) is 6.26. The Bertz CT molecular complexity index is 602. The fourth-order valence-electron chi connectivity index (χ4n) is 3.67. The maximum absolute atomic E-state index is 5.97. The first-order valence-electron chi connectivity index (χ1n) is 10.1. The summed E-state index contributed by atoms with van der Waals surface area (Å²) >= 11 is 0. The highest BCUT2D eigenvalue weighted by atomic mass is 15.2. The Morgan fingerprint density at radius 3 is 2.70 bits per heavy atom. The molecule has 1 fully saturated rings. The van der Waals surface area contributed by atoms with E-state index in [-0.39, 0.29) is 0 Å². The lowest BCUT2D eigenvalue weighted by Gasteiger charge is -2.28. The molecule has 0 aromatic heterocycles. The number of aliphatic imine (C=N–C) groups is 2. The first-order chi connectivity index (χ1) is 13.0. The SMILES string of the molecule is C=C(C)NCC1CCCC(CN=C(N)NC(N)=NCCC2=CCCC=C2)C1. The van der Waals surface area contributed by atoms with E-state index in [4.69, 9.17) is 11.5 Å². The first-order valence-corrected chi connectivity index (χ1v) is 10.1. The van der Waals surface area contributed by atoms with Gasteiger partial charge < -0.3 is 16.8 Å². The molecule has 0 aliphatic heterocycles. The van der Waals surface area contributed by atoms with Crippen LogP contribution in [0.4, 0.5) is 0 Å². The third kappa shape index (κ3) is 8.80. The average Bonchev–Trinajstić information content (AvgIpc) is 2.66. The number of nitrogens with one attached hydrogen (secondary N) is 2. The minimum atomic E-state index is 0.337. The molecule has 0 radical (unpaired) electrons. The molecular formula is C21H36N6. The van der Waals surface area contributed by atoms with Gasteiger partial charge >= 0.3 is 0 Å². The van der Waals surface area contributed by atoms with Gasteiger partial charge in [-0.15, -0.1) is 0 Å². The third-order valence-corrected chi connectivity index (χ3v) is 5.11. The predicted octanol–water partition coefficient (Wildman–Crippen LogP) is 2.80. The van der Waals surface area contributed by atoms with E-state index < -0.39 is 0 Å². The van der Waals surface area contributed by atoms with E-state index in [2.05, 4.69) is 45.4 Å². The van der Waals surface area contributed by atoms with E-state index in [1.54, 1.807) is 0 Å². The lowest BCUT2D eigenvalue weighted by atomic mass is 9.81. The van der Waals surface area contributed by atoms with E-state index in [9.17, 15) is 0 Å². The van der Waals surface area contributed by atoms with Crippen LogP contribution >= 0.6 is 0 Å². The van der Waals surface area contributed by atoms with Crippen molar-refractivity contribution in [3.8, 4) is 0 Å². The number of nitrogens with two attached hydrogens (primary N) is 2. The lowest BCUT2D eigenvalue weighted by molar-refractivity contribution is 0.269. The van der Waals surface area contributed by atoms with Crippen LogP contribution in [0.2, 0.25) is 0 Å². The van der Waals surface area contributed by atoms with Crippen molar-refractivity contribution in [2.75, 3.05) is 19.6 Å². The summed E-state index contributed by atoms with van der Waals surface area (Å²) in [4.78, 5) is 8.81. The molecule has 0 amide bonds. The molecular weight excluding hydrogens is 336 g/mol. The van der Waals surface area contributed by atoms with Crippen molar-refractivity contribution in [1.82, 2.24) is 10.6 Å². The van der Waals surface area contributed by atoms with Crippen LogP contribution in [0, 0.1) is 11.8 Å². The summed E-state index contributed by atoms with van der Waals surface area (Å²) in [6.07, 6.45) is 14.7. The number of nitrogens with zero attached hydrogens (tertiary/aromatic N) is 2. The molecule has 150 valence electrons. The summed E-state index contributed by atoms with van der Waals surface area (Å²) < 4.78 is 0. The molecule has 0 aromatic carbocycles. The quantitative estimate of drug-likeness (QED) is 0.389. The van der Waals surface area contributed by atoms with Crippen molar-refractivity contribution in [3.05, 3.63) is 36.1 Å². The molecule has 0 saturated heterocycles. The summed E-state index contributed by atoms with van der Waals surface area (Å²) in [7, 11) is 0. The smallest absolute Gasteiger partial charge is 0.195 e. The number of guanidine groups is 2. The van der Waals surface area contributed by atoms with Crippen LogP contribution in [-0.2, 0) is 0 Å². The molecule has 0 heterocycles. The van der Waals surface area contributed by atoms with Crippen molar-refractivity contribution < 1.29 is 0 Å². The largest absolute Gasteiger partial charge is 0.389 e. The monoisotopic (exact) mass is 372 g/mol. The molecule has 6 nitrogen and oxygen atoms in total. The Morgan fingerprint density at radius 2 is 1.96 bits per heavy atom. The van der Waals surface area contributed by atoms with Crippen molar-refractivity contribution in [2.24, 2.45) is 33.3 Å². The van der Waals surface area contributed by atoms with Crippen LogP contribution < -0.4 is 22.1 Å². The van der Waals surface area contributed by atoms with Gasteiger partial charge in [0.05, 0.1) is 0 Å². The van der Waals surface area contributed by atoms with Gasteiger partial charge in [0.1, 0.15) is 0 Å². The topological polar surface area (TPSA) is 101 Å². The second kappa shape index (κ2) is 11.5. The first kappa shape index (κ1) is 21.1. The molecule has 2 aliphatic rings. The lowest BCUT2D eigenvalue weighted by Crippen LogP contribution is -2.42. The summed E-state index contributed by atoms with van der Waals surface area (Å²) in [5.74, 6) is 1.97. The molecule has 0 spiro atoms. The number of rotatable bonds is 8. The van der Waals surface area contributed by atoms with E-state index in [1.807, 2.05) is 6.92 Å². The third-order valence-electron chi connectivity index (χ3n) is 5.11. The van der Waals surface area contributed by atoms with Gasteiger partial charge in [-0.3, -0.25) is 15.3 Å². The van der Waals surface area contributed by atoms with Gasteiger partial charge in [0.2, 0.25) is 0 Å². The maximum atomic E-state index is 5.97. The molecule has 27 heavy (non-hydrogen) atoms. The standard InChI is InChI=1S/C21H36N6/c1-16(2)25-14-18-9-6-10-19(13-18)15-26-21(23)27-20(22)24-12-11-17-7-4-3-5-8-17/h4,7-8,18-19,25H,1,3,5-6,9-15H2,2H3,(H5,22,23,24,26,27). The zero-order valence-electron chi connectivity index (χ0n) is 16.7. The molecule has 2 unspecified atom stereocenters. The van der Waals surface area contributed by atoms with Gasteiger partial charge in [-0.05, 0) is 57.3 Å². The van der Waals surface area contributed by atoms with Gasteiger partial charge in [0.25, 0.3) is 0 Å². The van der Waals surface area contributed by atoms with Crippen molar-refractivity contribution in [2.45, 2.75) is 51.9 Å². The molecule has 2 aliphatic carbocycles. The fraction of sp³-hybridized carbons (Fsp3) is 0.619. The van der Waals surface area contributed by atoms with Crippen LogP contribution in [-0.4, -0.2) is 31.6 Å². The fourth-order valence-corrected chi connectivity index (χ4v) is 3.67. The molecule has 0 bridgehead atoms. The zero-order chi connectivity index (χ0) is 19.5. The van der Waals surface area contributed by atoms with Gasteiger partial charge in [-0.1, -0.05) is 36.8 Å². The van der Waals surface area contributed by atoms with Crippen molar-refractivity contribution in [1.29, 1.82) is 0 Å². The molecule has 6 N–H and O–H groups in total. The van der Waals surface area contributed by atoms with Crippen molar-refractivity contribution >= 4 is 11.9 Å². The number of hydrogen-bond acceptors (Lipinski definition) is 3. The average molecular weight is 373 g/mol. The maximum Gasteiger partial charge on any atom is 0.195 e. The Hall–Kier alpha value is -2.24. The van der Waals surface area contributed by atoms with Crippen LogP contribution in [0.5, 0.6) is 0 Å². The van der Waals surface area contributed by atoms with E-state index in [0.29, 0.717) is 30.3 Å². The molecule has 2 rings (SSSR count). The second-order valence-electron chi connectivity index (χ2n) is 7.69. The predicted molar refractivity (Wildman–Crippen MR) is 115 cm³/mol. The summed E-state index contributed by atoms with van der Waals surface area (Å²) in [6.45, 7) is 8.32. The molecule has 2 atom stereocenters. The molecule has 0 aromatic rings. The summed E-state index contributed by atoms with van der Waals surface area (Å²) in [6, 6.07) is 0. The van der Waals surface area contributed by atoms with E-state index in [0.717, 1.165) is 38.0 Å². The summed E-state index contributed by atoms with van der Waals surface area (Å²) in [5.41, 5.74) is 14.2. The second-order valence-corrected chi connectivity index (χ2v) is 7.69. The van der Waals surface area contributed by atoms with E-state index in [1.165, 1.54) is 31.3 Å². The normalized spacial score (nSPS) is 23.7. The van der Waals surface area contributed by atoms with Crippen LogP contribution in [0.15, 0.2) is 46.1 Å². The van der Waals surface area contributed by atoms with Crippen molar-refractivity contribution in [3.63, 3.8) is 0 Å². The van der Waals surface area contributed by atoms with Crippen LogP contribution in [0.25, 0.3) is 0 Å². The Labute approximate surface area is 164 Å². The van der Waals surface area contributed by atoms with Gasteiger partial charge in [0.15, 0.2) is 11.9 Å². The minimum absolute atomic E-state index is 0.337. The highest BCUT2D eigenvalue weighted by molar-refractivity contribution is 5.97. The van der Waals surface area contributed by atoms with Gasteiger partial charge in [-0.25, -0.2) is 0 Å². The number of allylic oxidation sites excluding steroid dienone is 4.